The second-order valence-corrected chi connectivity index (χ2v) is 7.00. The van der Waals surface area contributed by atoms with Crippen LogP contribution in [0.5, 0.6) is 0 Å². The molecule has 6 nitrogen and oxygen atoms in total. The minimum absolute atomic E-state index is 0.0175. The van der Waals surface area contributed by atoms with Crippen LogP contribution in [0.1, 0.15) is 44.2 Å². The minimum Gasteiger partial charge on any atom is -0.365 e. The Kier molecular flexibility index (Phi) is 4.47. The summed E-state index contributed by atoms with van der Waals surface area (Å²) < 4.78 is 1.90. The van der Waals surface area contributed by atoms with Crippen molar-refractivity contribution < 1.29 is 9.59 Å². The van der Waals surface area contributed by atoms with E-state index in [4.69, 9.17) is 5.73 Å². The number of hydrogen-bond donors (Lipinski definition) is 1. The van der Waals surface area contributed by atoms with Gasteiger partial charge in [-0.2, -0.15) is 5.10 Å². The van der Waals surface area contributed by atoms with E-state index in [-0.39, 0.29) is 11.9 Å². The lowest BCUT2D eigenvalue weighted by atomic mass is 10.0. The molecule has 1 aliphatic rings. The van der Waals surface area contributed by atoms with Gasteiger partial charge in [0.05, 0.1) is 28.5 Å². The lowest BCUT2D eigenvalue weighted by Gasteiger charge is -2.35. The number of likely N-dealkylation sites (tertiary alicyclic amines) is 1. The third-order valence-electron chi connectivity index (χ3n) is 4.11. The quantitative estimate of drug-likeness (QED) is 0.930. The highest BCUT2D eigenvalue weighted by molar-refractivity contribution is 7.15. The first kappa shape index (κ1) is 15.7. The number of nitrogens with two attached hydrogens (primary N) is 1. The lowest BCUT2D eigenvalue weighted by Crippen LogP contribution is -2.45. The van der Waals surface area contributed by atoms with Crippen LogP contribution in [-0.4, -0.2) is 39.1 Å². The highest BCUT2D eigenvalue weighted by atomic mass is 32.1. The number of primary amides is 1. The molecule has 2 aromatic rings. The largest absolute Gasteiger partial charge is 0.365 e. The smallest absolute Gasteiger partial charge is 0.264 e. The van der Waals surface area contributed by atoms with E-state index in [9.17, 15) is 9.59 Å². The summed E-state index contributed by atoms with van der Waals surface area (Å²) in [6.45, 7) is 3.45. The fourth-order valence-corrected chi connectivity index (χ4v) is 3.78. The number of carbonyl (C=O) groups excluding carboxylic acids is 2. The number of thiophene rings is 1. The zero-order valence-electron chi connectivity index (χ0n) is 13.1. The average Bonchev–Trinajstić information content (AvgIpc) is 3.16. The van der Waals surface area contributed by atoms with Gasteiger partial charge in [0.15, 0.2) is 0 Å². The monoisotopic (exact) mass is 332 g/mol. The van der Waals surface area contributed by atoms with Crippen molar-refractivity contribution in [2.75, 3.05) is 6.54 Å². The first-order valence-electron chi connectivity index (χ1n) is 7.74. The summed E-state index contributed by atoms with van der Waals surface area (Å²) in [4.78, 5) is 26.9. The van der Waals surface area contributed by atoms with Gasteiger partial charge in [-0.15, -0.1) is 11.3 Å². The van der Waals surface area contributed by atoms with Gasteiger partial charge < -0.3 is 10.6 Å². The average molecular weight is 332 g/mol. The van der Waals surface area contributed by atoms with E-state index in [2.05, 4.69) is 5.10 Å². The maximum Gasteiger partial charge on any atom is 0.264 e. The molecule has 3 heterocycles. The van der Waals surface area contributed by atoms with Crippen LogP contribution in [0.2, 0.25) is 0 Å². The molecule has 0 radical (unpaired) electrons. The fraction of sp³-hybridized carbons (Fsp3) is 0.438. The zero-order valence-corrected chi connectivity index (χ0v) is 13.9. The Bertz CT molecular complexity index is 721. The SMILES string of the molecule is Cc1cnn(CC2CCCCN2C(=O)c2ccc(C(N)=O)s2)c1. The van der Waals surface area contributed by atoms with Crippen molar-refractivity contribution in [3.63, 3.8) is 0 Å². The number of nitrogens with zero attached hydrogens (tertiary/aromatic N) is 3. The molecule has 0 aliphatic carbocycles. The van der Waals surface area contributed by atoms with Crippen molar-refractivity contribution in [3.8, 4) is 0 Å². The molecule has 2 aromatic heterocycles. The van der Waals surface area contributed by atoms with Gasteiger partial charge in [0, 0.05) is 12.7 Å². The summed E-state index contributed by atoms with van der Waals surface area (Å²) in [6.07, 6.45) is 6.92. The second kappa shape index (κ2) is 6.54. The van der Waals surface area contributed by atoms with Gasteiger partial charge in [-0.05, 0) is 43.9 Å². The number of amides is 2. The number of hydrogen-bond acceptors (Lipinski definition) is 4. The van der Waals surface area contributed by atoms with Crippen molar-refractivity contribution in [2.45, 2.75) is 38.8 Å². The van der Waals surface area contributed by atoms with Crippen LogP contribution in [0.15, 0.2) is 24.5 Å². The van der Waals surface area contributed by atoms with Crippen molar-refractivity contribution in [3.05, 3.63) is 39.8 Å². The highest BCUT2D eigenvalue weighted by Crippen LogP contribution is 2.24. The van der Waals surface area contributed by atoms with E-state index in [1.54, 1.807) is 12.1 Å². The van der Waals surface area contributed by atoms with Gasteiger partial charge in [-0.1, -0.05) is 0 Å². The zero-order chi connectivity index (χ0) is 16.4. The molecule has 3 rings (SSSR count). The second-order valence-electron chi connectivity index (χ2n) is 5.92. The molecule has 1 unspecified atom stereocenters. The van der Waals surface area contributed by atoms with E-state index in [1.165, 1.54) is 11.3 Å². The first-order chi connectivity index (χ1) is 11.0. The molecule has 0 aromatic carbocycles. The summed E-state index contributed by atoms with van der Waals surface area (Å²) in [5, 5.41) is 4.32. The highest BCUT2D eigenvalue weighted by Gasteiger charge is 2.29. The van der Waals surface area contributed by atoms with Gasteiger partial charge in [-0.3, -0.25) is 14.3 Å². The van der Waals surface area contributed by atoms with Crippen LogP contribution in [0.25, 0.3) is 0 Å². The fourth-order valence-electron chi connectivity index (χ4n) is 2.97. The van der Waals surface area contributed by atoms with Gasteiger partial charge in [0.25, 0.3) is 11.8 Å². The third-order valence-corrected chi connectivity index (χ3v) is 5.20. The molecule has 0 saturated carbocycles. The third kappa shape index (κ3) is 3.44. The van der Waals surface area contributed by atoms with Crippen LogP contribution >= 0.6 is 11.3 Å². The van der Waals surface area contributed by atoms with E-state index in [0.29, 0.717) is 16.3 Å². The Balaban J connectivity index is 1.76. The number of piperidine rings is 1. The van der Waals surface area contributed by atoms with Crippen molar-refractivity contribution in [1.29, 1.82) is 0 Å². The molecular formula is C16H20N4O2S. The van der Waals surface area contributed by atoms with Crippen molar-refractivity contribution in [1.82, 2.24) is 14.7 Å². The summed E-state index contributed by atoms with van der Waals surface area (Å²) in [6, 6.07) is 3.45. The van der Waals surface area contributed by atoms with Crippen LogP contribution < -0.4 is 5.73 Å². The standard InChI is InChI=1S/C16H20N4O2S/c1-11-8-18-19(9-11)10-12-4-2-3-7-20(12)16(22)14-6-5-13(23-14)15(17)21/h5-6,8-9,12H,2-4,7,10H2,1H3,(H2,17,21). The van der Waals surface area contributed by atoms with Crippen LogP contribution in [-0.2, 0) is 6.54 Å². The van der Waals surface area contributed by atoms with Gasteiger partial charge in [-0.25, -0.2) is 0 Å². The van der Waals surface area contributed by atoms with Crippen molar-refractivity contribution in [2.24, 2.45) is 5.73 Å². The predicted octanol–water partition coefficient (Wildman–Crippen LogP) is 2.05. The minimum atomic E-state index is -0.490. The molecule has 0 spiro atoms. The number of carbonyl (C=O) groups is 2. The Labute approximate surface area is 138 Å². The Morgan fingerprint density at radius 2 is 2.13 bits per heavy atom. The first-order valence-corrected chi connectivity index (χ1v) is 8.56. The molecular weight excluding hydrogens is 312 g/mol. The van der Waals surface area contributed by atoms with E-state index < -0.39 is 5.91 Å². The maximum absolute atomic E-state index is 12.8. The van der Waals surface area contributed by atoms with E-state index in [0.717, 1.165) is 31.4 Å². The van der Waals surface area contributed by atoms with Crippen molar-refractivity contribution >= 4 is 23.2 Å². The lowest BCUT2D eigenvalue weighted by molar-refractivity contribution is 0.0589. The van der Waals surface area contributed by atoms with Gasteiger partial charge in [0.2, 0.25) is 0 Å². The molecule has 1 atom stereocenters. The Hall–Kier alpha value is -2.15. The van der Waals surface area contributed by atoms with Gasteiger partial charge in [0.1, 0.15) is 0 Å². The number of rotatable bonds is 4. The molecule has 1 aliphatic heterocycles. The Morgan fingerprint density at radius 3 is 2.78 bits per heavy atom. The summed E-state index contributed by atoms with van der Waals surface area (Å²) in [7, 11) is 0. The topological polar surface area (TPSA) is 81.2 Å². The normalized spacial score (nSPS) is 18.1. The molecule has 2 amide bonds. The molecule has 1 fully saturated rings. The Morgan fingerprint density at radius 1 is 1.35 bits per heavy atom. The number of aryl methyl sites for hydroxylation is 1. The molecule has 122 valence electrons. The van der Waals surface area contributed by atoms with E-state index >= 15 is 0 Å². The number of aromatic nitrogens is 2. The molecule has 1 saturated heterocycles. The maximum atomic E-state index is 12.8. The van der Waals surface area contributed by atoms with Crippen LogP contribution in [0, 0.1) is 6.92 Å². The van der Waals surface area contributed by atoms with E-state index in [1.807, 2.05) is 28.9 Å². The molecule has 7 heteroatoms. The predicted molar refractivity (Wildman–Crippen MR) is 88.5 cm³/mol. The molecule has 23 heavy (non-hydrogen) atoms. The summed E-state index contributed by atoms with van der Waals surface area (Å²) in [5.41, 5.74) is 6.39. The van der Waals surface area contributed by atoms with Crippen LogP contribution in [0.4, 0.5) is 0 Å². The summed E-state index contributed by atoms with van der Waals surface area (Å²) >= 11 is 1.17. The van der Waals surface area contributed by atoms with Gasteiger partial charge >= 0.3 is 0 Å². The molecule has 0 bridgehead atoms. The molecule has 2 N–H and O–H groups in total. The summed E-state index contributed by atoms with van der Waals surface area (Å²) in [5.74, 6) is -0.507. The van der Waals surface area contributed by atoms with Crippen LogP contribution in [0.3, 0.4) is 0 Å².